The van der Waals surface area contributed by atoms with Gasteiger partial charge >= 0.3 is 5.69 Å². The summed E-state index contributed by atoms with van der Waals surface area (Å²) in [6.07, 6.45) is 4.10. The van der Waals surface area contributed by atoms with Crippen LogP contribution in [0.15, 0.2) is 42.5 Å². The van der Waals surface area contributed by atoms with E-state index < -0.39 is 11.0 Å². The third kappa shape index (κ3) is 6.46. The van der Waals surface area contributed by atoms with Crippen molar-refractivity contribution in [2.24, 2.45) is 0 Å². The van der Waals surface area contributed by atoms with Gasteiger partial charge in [0, 0.05) is 24.7 Å². The van der Waals surface area contributed by atoms with Gasteiger partial charge in [0.1, 0.15) is 11.8 Å². The molecule has 1 aliphatic carbocycles. The molecule has 0 spiro atoms. The average molecular weight is 470 g/mol. The molecule has 1 N–H and O–H groups in total. The van der Waals surface area contributed by atoms with Crippen molar-refractivity contribution in [1.29, 1.82) is 0 Å². The molecule has 2 aromatic carbocycles. The molecule has 0 heterocycles. The molecule has 182 valence electrons. The molecule has 1 atom stereocenters. The highest BCUT2D eigenvalue weighted by atomic mass is 16.6. The largest absolute Gasteiger partial charge is 0.490 e. The molecular formula is C25H31N3O6. The first-order valence-corrected chi connectivity index (χ1v) is 11.4. The predicted molar refractivity (Wildman–Crippen MR) is 127 cm³/mol. The molecule has 0 unspecified atom stereocenters. The summed E-state index contributed by atoms with van der Waals surface area (Å²) in [7, 11) is 1.32. The molecule has 9 nitrogen and oxygen atoms in total. The van der Waals surface area contributed by atoms with E-state index in [2.05, 4.69) is 5.32 Å². The number of amides is 2. The Kier molecular flexibility index (Phi) is 8.45. The topological polar surface area (TPSA) is 111 Å². The number of ether oxygens (including phenoxy) is 2. The van der Waals surface area contributed by atoms with Gasteiger partial charge in [-0.2, -0.15) is 0 Å². The van der Waals surface area contributed by atoms with Gasteiger partial charge in [-0.05, 0) is 38.3 Å². The standard InChI is InChI=1S/C25H31N3O6/c1-17-7-6-8-19(13-17)15-27(18(2)25(30)26-20-9-4-5-10-20)24(29)16-34-21-11-12-22(28(31)32)23(14-21)33-3/h6-8,11-14,18,20H,4-5,9-10,15-16H2,1-3H3,(H,26,30)/t18-/m0/s1. The van der Waals surface area contributed by atoms with Gasteiger partial charge in [-0.15, -0.1) is 0 Å². The molecule has 0 radical (unpaired) electrons. The molecule has 1 aliphatic rings. The number of methoxy groups -OCH3 is 1. The van der Waals surface area contributed by atoms with Crippen molar-refractivity contribution in [3.8, 4) is 11.5 Å². The minimum Gasteiger partial charge on any atom is -0.490 e. The second kappa shape index (κ2) is 11.5. The smallest absolute Gasteiger partial charge is 0.311 e. The van der Waals surface area contributed by atoms with E-state index in [1.165, 1.54) is 30.2 Å². The van der Waals surface area contributed by atoms with Crippen LogP contribution in [-0.2, 0) is 16.1 Å². The van der Waals surface area contributed by atoms with Crippen LogP contribution in [0.4, 0.5) is 5.69 Å². The molecule has 0 saturated heterocycles. The van der Waals surface area contributed by atoms with Crippen molar-refractivity contribution in [3.05, 3.63) is 63.7 Å². The first-order chi connectivity index (χ1) is 16.3. The fourth-order valence-electron chi connectivity index (χ4n) is 4.11. The lowest BCUT2D eigenvalue weighted by atomic mass is 10.1. The number of hydrogen-bond donors (Lipinski definition) is 1. The lowest BCUT2D eigenvalue weighted by Crippen LogP contribution is -2.50. The second-order valence-electron chi connectivity index (χ2n) is 8.56. The molecular weight excluding hydrogens is 438 g/mol. The molecule has 0 aromatic heterocycles. The Morgan fingerprint density at radius 2 is 1.94 bits per heavy atom. The Bertz CT molecular complexity index is 1040. The van der Waals surface area contributed by atoms with Crippen LogP contribution >= 0.6 is 0 Å². The van der Waals surface area contributed by atoms with E-state index in [1.54, 1.807) is 6.92 Å². The number of aryl methyl sites for hydroxylation is 1. The van der Waals surface area contributed by atoms with Crippen LogP contribution in [-0.4, -0.2) is 47.4 Å². The van der Waals surface area contributed by atoms with Crippen molar-refractivity contribution < 1.29 is 24.0 Å². The number of nitro benzene ring substituents is 1. The molecule has 2 amide bonds. The molecule has 34 heavy (non-hydrogen) atoms. The summed E-state index contributed by atoms with van der Waals surface area (Å²) in [5.41, 5.74) is 1.77. The Morgan fingerprint density at radius 3 is 2.59 bits per heavy atom. The molecule has 2 aromatic rings. The fraction of sp³-hybridized carbons (Fsp3) is 0.440. The second-order valence-corrected chi connectivity index (χ2v) is 8.56. The maximum atomic E-state index is 13.2. The van der Waals surface area contributed by atoms with E-state index in [4.69, 9.17) is 9.47 Å². The predicted octanol–water partition coefficient (Wildman–Crippen LogP) is 3.77. The Labute approximate surface area is 199 Å². The number of hydrogen-bond acceptors (Lipinski definition) is 6. The minimum absolute atomic E-state index is 0.0378. The maximum absolute atomic E-state index is 13.2. The summed E-state index contributed by atoms with van der Waals surface area (Å²) >= 11 is 0. The summed E-state index contributed by atoms with van der Waals surface area (Å²) in [6, 6.07) is 11.3. The Hall–Kier alpha value is -3.62. The van der Waals surface area contributed by atoms with Gasteiger partial charge in [0.15, 0.2) is 6.61 Å². The zero-order valence-corrected chi connectivity index (χ0v) is 19.8. The van der Waals surface area contributed by atoms with Gasteiger partial charge < -0.3 is 19.7 Å². The number of rotatable bonds is 10. The third-order valence-corrected chi connectivity index (χ3v) is 6.01. The monoisotopic (exact) mass is 469 g/mol. The van der Waals surface area contributed by atoms with Crippen LogP contribution < -0.4 is 14.8 Å². The highest BCUT2D eigenvalue weighted by molar-refractivity contribution is 5.88. The zero-order chi connectivity index (χ0) is 24.7. The fourth-order valence-corrected chi connectivity index (χ4v) is 4.11. The van der Waals surface area contributed by atoms with E-state index in [-0.39, 0.29) is 48.2 Å². The summed E-state index contributed by atoms with van der Waals surface area (Å²) in [5, 5.41) is 14.2. The number of nitrogens with one attached hydrogen (secondary N) is 1. The molecule has 0 aliphatic heterocycles. The molecule has 3 rings (SSSR count). The lowest BCUT2D eigenvalue weighted by molar-refractivity contribution is -0.385. The van der Waals surface area contributed by atoms with Crippen LogP contribution in [0.3, 0.4) is 0 Å². The average Bonchev–Trinajstić information content (AvgIpc) is 3.33. The van der Waals surface area contributed by atoms with Crippen LogP contribution in [0, 0.1) is 17.0 Å². The highest BCUT2D eigenvalue weighted by Gasteiger charge is 2.29. The van der Waals surface area contributed by atoms with Gasteiger partial charge in [-0.3, -0.25) is 19.7 Å². The van der Waals surface area contributed by atoms with Gasteiger partial charge in [0.2, 0.25) is 11.7 Å². The van der Waals surface area contributed by atoms with Crippen molar-refractivity contribution >= 4 is 17.5 Å². The number of carbonyl (C=O) groups is 2. The van der Waals surface area contributed by atoms with Crippen LogP contribution in [0.25, 0.3) is 0 Å². The Morgan fingerprint density at radius 1 is 1.21 bits per heavy atom. The normalized spacial score (nSPS) is 14.3. The van der Waals surface area contributed by atoms with Gasteiger partial charge in [0.25, 0.3) is 5.91 Å². The van der Waals surface area contributed by atoms with Crippen molar-refractivity contribution in [2.45, 2.75) is 58.2 Å². The third-order valence-electron chi connectivity index (χ3n) is 6.01. The summed E-state index contributed by atoms with van der Waals surface area (Å²) in [4.78, 5) is 38.2. The summed E-state index contributed by atoms with van der Waals surface area (Å²) in [5.74, 6) is -0.261. The lowest BCUT2D eigenvalue weighted by Gasteiger charge is -2.29. The van der Waals surface area contributed by atoms with E-state index in [9.17, 15) is 19.7 Å². The SMILES string of the molecule is COc1cc(OCC(=O)N(Cc2cccc(C)c2)[C@@H](C)C(=O)NC2CCCC2)ccc1[N+](=O)[O-]. The zero-order valence-electron chi connectivity index (χ0n) is 19.8. The summed E-state index contributed by atoms with van der Waals surface area (Å²) < 4.78 is 10.7. The molecule has 1 fully saturated rings. The quantitative estimate of drug-likeness (QED) is 0.419. The number of benzene rings is 2. The molecule has 1 saturated carbocycles. The highest BCUT2D eigenvalue weighted by Crippen LogP contribution is 2.30. The van der Waals surface area contributed by atoms with Crippen LogP contribution in [0.5, 0.6) is 11.5 Å². The molecule has 0 bridgehead atoms. The first-order valence-electron chi connectivity index (χ1n) is 11.4. The van der Waals surface area contributed by atoms with Crippen molar-refractivity contribution in [2.75, 3.05) is 13.7 Å². The van der Waals surface area contributed by atoms with Crippen molar-refractivity contribution in [1.82, 2.24) is 10.2 Å². The number of nitro groups is 1. The summed E-state index contributed by atoms with van der Waals surface area (Å²) in [6.45, 7) is 3.62. The number of carbonyl (C=O) groups excluding carboxylic acids is 2. The van der Waals surface area contributed by atoms with Gasteiger partial charge in [-0.25, -0.2) is 0 Å². The first kappa shape index (κ1) is 25.0. The molecule has 9 heteroatoms. The van der Waals surface area contributed by atoms with Crippen LogP contribution in [0.1, 0.15) is 43.7 Å². The minimum atomic E-state index is -0.691. The van der Waals surface area contributed by atoms with E-state index in [0.717, 1.165) is 36.8 Å². The Balaban J connectivity index is 1.74. The van der Waals surface area contributed by atoms with Crippen LogP contribution in [0.2, 0.25) is 0 Å². The van der Waals surface area contributed by atoms with Gasteiger partial charge in [-0.1, -0.05) is 42.7 Å². The van der Waals surface area contributed by atoms with Gasteiger partial charge in [0.05, 0.1) is 12.0 Å². The van der Waals surface area contributed by atoms with E-state index in [1.807, 2.05) is 31.2 Å². The maximum Gasteiger partial charge on any atom is 0.311 e. The van der Waals surface area contributed by atoms with Crippen molar-refractivity contribution in [3.63, 3.8) is 0 Å². The van der Waals surface area contributed by atoms with E-state index in [0.29, 0.717) is 0 Å². The number of nitrogens with zero attached hydrogens (tertiary/aromatic N) is 2. The van der Waals surface area contributed by atoms with E-state index >= 15 is 0 Å².